The number of thioether (sulfide) groups is 1. The highest BCUT2D eigenvalue weighted by Crippen LogP contribution is 2.39. The third-order valence-corrected chi connectivity index (χ3v) is 6.29. The van der Waals surface area contributed by atoms with E-state index >= 15 is 0 Å². The topological polar surface area (TPSA) is 66.5 Å². The number of sulfonamides is 1. The summed E-state index contributed by atoms with van der Waals surface area (Å²) < 4.78 is 40.8. The SMILES string of the molecule is CC(=O)N1C[C@H](C)Sc2ccc(S(=O)(=O)Nc3cccc(F)c3)cc21. The third kappa shape index (κ3) is 3.80. The minimum atomic E-state index is -3.89. The van der Waals surface area contributed by atoms with Crippen molar-refractivity contribution in [3.8, 4) is 0 Å². The predicted octanol–water partition coefficient (Wildman–Crippen LogP) is 3.47. The zero-order valence-corrected chi connectivity index (χ0v) is 15.3. The van der Waals surface area contributed by atoms with Gasteiger partial charge in [0.05, 0.1) is 16.3 Å². The van der Waals surface area contributed by atoms with Crippen LogP contribution in [0.2, 0.25) is 0 Å². The minimum Gasteiger partial charge on any atom is -0.310 e. The number of nitrogens with one attached hydrogen (secondary N) is 1. The fraction of sp³-hybridized carbons (Fsp3) is 0.235. The van der Waals surface area contributed by atoms with Gasteiger partial charge in [0.25, 0.3) is 10.0 Å². The van der Waals surface area contributed by atoms with E-state index in [0.717, 1.165) is 11.0 Å². The fourth-order valence-corrected chi connectivity index (χ4v) is 4.81. The van der Waals surface area contributed by atoms with Gasteiger partial charge in [-0.15, -0.1) is 11.8 Å². The van der Waals surface area contributed by atoms with Crippen molar-refractivity contribution >= 4 is 39.1 Å². The Kier molecular flexibility index (Phi) is 4.75. The van der Waals surface area contributed by atoms with E-state index < -0.39 is 15.8 Å². The van der Waals surface area contributed by atoms with Crippen LogP contribution in [-0.2, 0) is 14.8 Å². The zero-order chi connectivity index (χ0) is 18.2. The van der Waals surface area contributed by atoms with Crippen molar-refractivity contribution in [3.63, 3.8) is 0 Å². The molecule has 1 heterocycles. The van der Waals surface area contributed by atoms with Crippen molar-refractivity contribution in [2.75, 3.05) is 16.2 Å². The first kappa shape index (κ1) is 17.8. The number of fused-ring (bicyclic) bond motifs is 1. The lowest BCUT2D eigenvalue weighted by atomic mass is 10.2. The molecule has 0 spiro atoms. The molecule has 0 saturated heterocycles. The second kappa shape index (κ2) is 6.68. The number of halogens is 1. The van der Waals surface area contributed by atoms with Crippen molar-refractivity contribution in [1.29, 1.82) is 0 Å². The summed E-state index contributed by atoms with van der Waals surface area (Å²) in [6.07, 6.45) is 0. The van der Waals surface area contributed by atoms with Crippen LogP contribution in [0.5, 0.6) is 0 Å². The van der Waals surface area contributed by atoms with Crippen LogP contribution in [0, 0.1) is 5.82 Å². The maximum atomic E-state index is 13.3. The maximum Gasteiger partial charge on any atom is 0.261 e. The van der Waals surface area contributed by atoms with E-state index in [1.165, 1.54) is 37.3 Å². The summed E-state index contributed by atoms with van der Waals surface area (Å²) in [5, 5.41) is 0.226. The normalized spacial score (nSPS) is 17.1. The Morgan fingerprint density at radius 2 is 2.04 bits per heavy atom. The second-order valence-electron chi connectivity index (χ2n) is 5.80. The molecule has 2 aromatic carbocycles. The lowest BCUT2D eigenvalue weighted by Crippen LogP contribution is -2.37. The van der Waals surface area contributed by atoms with Gasteiger partial charge in [-0.3, -0.25) is 9.52 Å². The molecule has 132 valence electrons. The van der Waals surface area contributed by atoms with Gasteiger partial charge in [0, 0.05) is 23.6 Å². The van der Waals surface area contributed by atoms with Gasteiger partial charge in [0.2, 0.25) is 5.91 Å². The summed E-state index contributed by atoms with van der Waals surface area (Å²) in [5.74, 6) is -0.667. The van der Waals surface area contributed by atoms with Crippen LogP contribution in [0.15, 0.2) is 52.3 Å². The summed E-state index contributed by atoms with van der Waals surface area (Å²) in [4.78, 5) is 14.4. The molecule has 1 N–H and O–H groups in total. The molecule has 1 aliphatic rings. The molecular weight excluding hydrogens is 363 g/mol. The predicted molar refractivity (Wildman–Crippen MR) is 97.0 cm³/mol. The largest absolute Gasteiger partial charge is 0.310 e. The molecule has 0 radical (unpaired) electrons. The third-order valence-electron chi connectivity index (χ3n) is 3.76. The molecule has 1 aliphatic heterocycles. The Hall–Kier alpha value is -2.06. The van der Waals surface area contributed by atoms with Crippen LogP contribution in [0.25, 0.3) is 0 Å². The molecule has 0 fully saturated rings. The van der Waals surface area contributed by atoms with E-state index in [-0.39, 0.29) is 21.7 Å². The van der Waals surface area contributed by atoms with Crippen LogP contribution < -0.4 is 9.62 Å². The summed E-state index contributed by atoms with van der Waals surface area (Å²) in [5.41, 5.74) is 0.724. The number of carbonyl (C=O) groups excluding carboxylic acids is 1. The molecule has 0 aliphatic carbocycles. The Bertz CT molecular complexity index is 931. The Labute approximate surface area is 150 Å². The highest BCUT2D eigenvalue weighted by atomic mass is 32.2. The number of benzene rings is 2. The van der Waals surface area contributed by atoms with E-state index in [0.29, 0.717) is 12.2 Å². The standard InChI is InChI=1S/C17H17FN2O3S2/c1-11-10-20(12(2)21)16-9-15(6-7-17(16)24-11)25(22,23)19-14-5-3-4-13(18)8-14/h3-9,11,19H,10H2,1-2H3/t11-/m0/s1. The van der Waals surface area contributed by atoms with E-state index in [1.54, 1.807) is 22.7 Å². The molecule has 1 amide bonds. The number of hydrogen-bond donors (Lipinski definition) is 1. The van der Waals surface area contributed by atoms with Crippen LogP contribution in [0.4, 0.5) is 15.8 Å². The number of nitrogens with zero attached hydrogens (tertiary/aromatic N) is 1. The summed E-state index contributed by atoms with van der Waals surface area (Å²) >= 11 is 1.60. The van der Waals surface area contributed by atoms with Gasteiger partial charge in [-0.1, -0.05) is 13.0 Å². The van der Waals surface area contributed by atoms with Crippen molar-refractivity contribution in [3.05, 3.63) is 48.3 Å². The number of anilines is 2. The van der Waals surface area contributed by atoms with Crippen molar-refractivity contribution in [2.45, 2.75) is 28.9 Å². The summed E-state index contributed by atoms with van der Waals surface area (Å²) in [6, 6.07) is 9.91. The zero-order valence-electron chi connectivity index (χ0n) is 13.7. The van der Waals surface area contributed by atoms with Gasteiger partial charge in [0.1, 0.15) is 5.82 Å². The monoisotopic (exact) mass is 380 g/mol. The van der Waals surface area contributed by atoms with Crippen LogP contribution in [0.1, 0.15) is 13.8 Å². The van der Waals surface area contributed by atoms with Gasteiger partial charge in [0.15, 0.2) is 0 Å². The highest BCUT2D eigenvalue weighted by Gasteiger charge is 2.27. The number of carbonyl (C=O) groups is 1. The molecule has 0 aromatic heterocycles. The molecule has 3 rings (SSSR count). The smallest absolute Gasteiger partial charge is 0.261 e. The van der Waals surface area contributed by atoms with Gasteiger partial charge < -0.3 is 4.90 Å². The van der Waals surface area contributed by atoms with E-state index in [1.807, 2.05) is 6.92 Å². The van der Waals surface area contributed by atoms with Crippen molar-refractivity contribution in [1.82, 2.24) is 0 Å². The number of hydrogen-bond acceptors (Lipinski definition) is 4. The molecular formula is C17H17FN2O3S2. The molecule has 2 aromatic rings. The average Bonchev–Trinajstić information content (AvgIpc) is 2.53. The average molecular weight is 380 g/mol. The van der Waals surface area contributed by atoms with Crippen molar-refractivity contribution in [2.24, 2.45) is 0 Å². The number of rotatable bonds is 3. The quantitative estimate of drug-likeness (QED) is 0.885. The van der Waals surface area contributed by atoms with Crippen LogP contribution in [0.3, 0.4) is 0 Å². The van der Waals surface area contributed by atoms with Gasteiger partial charge in [-0.2, -0.15) is 0 Å². The van der Waals surface area contributed by atoms with Gasteiger partial charge in [-0.05, 0) is 36.4 Å². The Balaban J connectivity index is 1.98. The maximum absolute atomic E-state index is 13.3. The first-order chi connectivity index (χ1) is 11.8. The molecule has 0 unspecified atom stereocenters. The summed E-state index contributed by atoms with van der Waals surface area (Å²) in [6.45, 7) is 3.99. The van der Waals surface area contributed by atoms with Crippen molar-refractivity contribution < 1.29 is 17.6 Å². The van der Waals surface area contributed by atoms with E-state index in [2.05, 4.69) is 4.72 Å². The van der Waals surface area contributed by atoms with Crippen LogP contribution >= 0.6 is 11.8 Å². The molecule has 5 nitrogen and oxygen atoms in total. The van der Waals surface area contributed by atoms with Crippen LogP contribution in [-0.4, -0.2) is 26.1 Å². The molecule has 0 saturated carbocycles. The lowest BCUT2D eigenvalue weighted by Gasteiger charge is -2.32. The second-order valence-corrected chi connectivity index (χ2v) is 8.97. The fourth-order valence-electron chi connectivity index (χ4n) is 2.65. The first-order valence-corrected chi connectivity index (χ1v) is 10.00. The summed E-state index contributed by atoms with van der Waals surface area (Å²) in [7, 11) is -3.89. The van der Waals surface area contributed by atoms with E-state index in [9.17, 15) is 17.6 Å². The van der Waals surface area contributed by atoms with Gasteiger partial charge >= 0.3 is 0 Å². The minimum absolute atomic E-state index is 0.0249. The molecule has 0 bridgehead atoms. The Morgan fingerprint density at radius 1 is 1.28 bits per heavy atom. The number of amides is 1. The molecule has 1 atom stereocenters. The first-order valence-electron chi connectivity index (χ1n) is 7.63. The highest BCUT2D eigenvalue weighted by molar-refractivity contribution is 8.00. The van der Waals surface area contributed by atoms with Gasteiger partial charge in [-0.25, -0.2) is 12.8 Å². The lowest BCUT2D eigenvalue weighted by molar-refractivity contribution is -0.116. The molecule has 8 heteroatoms. The van der Waals surface area contributed by atoms with E-state index in [4.69, 9.17) is 0 Å². The molecule has 25 heavy (non-hydrogen) atoms. The Morgan fingerprint density at radius 3 is 2.72 bits per heavy atom.